The molecule has 1 aromatic carbocycles. The molecule has 2 aromatic rings. The van der Waals surface area contributed by atoms with E-state index < -0.39 is 0 Å². The first-order valence-electron chi connectivity index (χ1n) is 7.59. The second kappa shape index (κ2) is 7.59. The van der Waals surface area contributed by atoms with E-state index in [0.29, 0.717) is 18.7 Å². The van der Waals surface area contributed by atoms with Crippen molar-refractivity contribution in [3.05, 3.63) is 69.6 Å². The lowest BCUT2D eigenvalue weighted by molar-refractivity contribution is 0.0953. The predicted molar refractivity (Wildman–Crippen MR) is 88.2 cm³/mol. The van der Waals surface area contributed by atoms with Crippen molar-refractivity contribution in [1.29, 1.82) is 0 Å². The summed E-state index contributed by atoms with van der Waals surface area (Å²) in [4.78, 5) is 23.6. The molecule has 2 rings (SSSR count). The zero-order chi connectivity index (χ0) is 15.9. The number of aryl methyl sites for hydroxylation is 2. The van der Waals surface area contributed by atoms with Crippen LogP contribution in [-0.4, -0.2) is 17.0 Å². The van der Waals surface area contributed by atoms with Gasteiger partial charge in [0, 0.05) is 30.4 Å². The molecular weight excluding hydrogens is 276 g/mol. The van der Waals surface area contributed by atoms with Gasteiger partial charge in [0.2, 0.25) is 0 Å². The monoisotopic (exact) mass is 298 g/mol. The Morgan fingerprint density at radius 1 is 1.05 bits per heavy atom. The summed E-state index contributed by atoms with van der Waals surface area (Å²) in [5, 5.41) is 2.91. The molecule has 4 heteroatoms. The number of amides is 1. The van der Waals surface area contributed by atoms with Crippen LogP contribution in [-0.2, 0) is 6.54 Å². The Morgan fingerprint density at radius 2 is 1.77 bits per heavy atom. The number of carbonyl (C=O) groups excluding carboxylic acids is 1. The minimum absolute atomic E-state index is 0.0312. The fourth-order valence-electron chi connectivity index (χ4n) is 2.31. The van der Waals surface area contributed by atoms with Crippen molar-refractivity contribution >= 4 is 5.91 Å². The molecular formula is C18H22N2O2. The molecule has 1 aromatic heterocycles. The van der Waals surface area contributed by atoms with Crippen LogP contribution in [0, 0.1) is 13.8 Å². The van der Waals surface area contributed by atoms with Gasteiger partial charge in [-0.3, -0.25) is 9.59 Å². The zero-order valence-corrected chi connectivity index (χ0v) is 13.1. The normalized spacial score (nSPS) is 10.5. The molecule has 0 radical (unpaired) electrons. The van der Waals surface area contributed by atoms with E-state index in [1.54, 1.807) is 16.7 Å². The Hall–Kier alpha value is -2.36. The van der Waals surface area contributed by atoms with Crippen molar-refractivity contribution in [2.45, 2.75) is 33.2 Å². The van der Waals surface area contributed by atoms with Crippen LogP contribution in [0.2, 0.25) is 0 Å². The van der Waals surface area contributed by atoms with E-state index in [1.165, 1.54) is 0 Å². The van der Waals surface area contributed by atoms with Crippen molar-refractivity contribution in [1.82, 2.24) is 9.88 Å². The fraction of sp³-hybridized carbons (Fsp3) is 0.333. The number of rotatable bonds is 6. The summed E-state index contributed by atoms with van der Waals surface area (Å²) in [5.41, 5.74) is 2.82. The van der Waals surface area contributed by atoms with Gasteiger partial charge in [0.15, 0.2) is 0 Å². The van der Waals surface area contributed by atoms with Crippen molar-refractivity contribution in [2.75, 3.05) is 6.54 Å². The third kappa shape index (κ3) is 4.32. The van der Waals surface area contributed by atoms with Gasteiger partial charge in [-0.05, 0) is 44.9 Å². The molecule has 0 atom stereocenters. The Kier molecular flexibility index (Phi) is 5.53. The number of nitrogens with zero attached hydrogens (tertiary/aromatic N) is 1. The van der Waals surface area contributed by atoms with Gasteiger partial charge in [-0.1, -0.05) is 23.8 Å². The maximum Gasteiger partial charge on any atom is 0.251 e. The molecule has 0 aliphatic rings. The predicted octanol–water partition coefficient (Wildman–Crippen LogP) is 2.68. The van der Waals surface area contributed by atoms with E-state index in [1.807, 2.05) is 44.2 Å². The first kappa shape index (κ1) is 16.0. The van der Waals surface area contributed by atoms with Crippen molar-refractivity contribution in [2.24, 2.45) is 0 Å². The van der Waals surface area contributed by atoms with E-state index in [9.17, 15) is 9.59 Å². The van der Waals surface area contributed by atoms with Gasteiger partial charge in [0.05, 0.1) is 0 Å². The molecule has 0 spiro atoms. The Balaban J connectivity index is 1.74. The lowest BCUT2D eigenvalue weighted by Gasteiger charge is -2.09. The topological polar surface area (TPSA) is 51.1 Å². The highest BCUT2D eigenvalue weighted by atomic mass is 16.1. The van der Waals surface area contributed by atoms with E-state index >= 15 is 0 Å². The molecule has 116 valence electrons. The molecule has 0 unspecified atom stereocenters. The minimum atomic E-state index is -0.0481. The smallest absolute Gasteiger partial charge is 0.251 e. The molecule has 0 saturated carbocycles. The molecule has 0 fully saturated rings. The molecule has 0 saturated heterocycles. The molecule has 0 aliphatic heterocycles. The molecule has 4 nitrogen and oxygen atoms in total. The SMILES string of the molecule is Cc1ccc(C(=O)NCCCCn2c(C)cccc2=O)cc1. The van der Waals surface area contributed by atoms with E-state index in [-0.39, 0.29) is 11.5 Å². The highest BCUT2D eigenvalue weighted by molar-refractivity contribution is 5.94. The minimum Gasteiger partial charge on any atom is -0.352 e. The standard InChI is InChI=1S/C18H22N2O2/c1-14-8-10-16(11-9-14)18(22)19-12-3-4-13-20-15(2)6-5-7-17(20)21/h5-11H,3-4,12-13H2,1-2H3,(H,19,22). The summed E-state index contributed by atoms with van der Waals surface area (Å²) in [5.74, 6) is -0.0481. The summed E-state index contributed by atoms with van der Waals surface area (Å²) in [7, 11) is 0. The van der Waals surface area contributed by atoms with E-state index in [2.05, 4.69) is 5.32 Å². The molecule has 1 amide bonds. The highest BCUT2D eigenvalue weighted by Gasteiger charge is 2.04. The van der Waals surface area contributed by atoms with Crippen LogP contribution in [0.3, 0.4) is 0 Å². The van der Waals surface area contributed by atoms with Gasteiger partial charge in [0.1, 0.15) is 0 Å². The second-order valence-electron chi connectivity index (χ2n) is 5.49. The number of pyridine rings is 1. The Bertz CT molecular complexity index is 687. The van der Waals surface area contributed by atoms with E-state index in [4.69, 9.17) is 0 Å². The first-order valence-corrected chi connectivity index (χ1v) is 7.59. The average molecular weight is 298 g/mol. The van der Waals surface area contributed by atoms with Crippen molar-refractivity contribution in [3.63, 3.8) is 0 Å². The van der Waals surface area contributed by atoms with Gasteiger partial charge in [-0.15, -0.1) is 0 Å². The molecule has 1 heterocycles. The second-order valence-corrected chi connectivity index (χ2v) is 5.49. The highest BCUT2D eigenvalue weighted by Crippen LogP contribution is 2.03. The zero-order valence-electron chi connectivity index (χ0n) is 13.1. The summed E-state index contributed by atoms with van der Waals surface area (Å²) in [6.07, 6.45) is 1.71. The lowest BCUT2D eigenvalue weighted by Crippen LogP contribution is -2.25. The first-order chi connectivity index (χ1) is 10.6. The number of carbonyl (C=O) groups is 1. The summed E-state index contributed by atoms with van der Waals surface area (Å²) < 4.78 is 1.77. The van der Waals surface area contributed by atoms with Gasteiger partial charge >= 0.3 is 0 Å². The van der Waals surface area contributed by atoms with Crippen LogP contribution in [0.1, 0.15) is 34.5 Å². The van der Waals surface area contributed by atoms with E-state index in [0.717, 1.165) is 24.1 Å². The Labute approximate surface area is 130 Å². The summed E-state index contributed by atoms with van der Waals surface area (Å²) in [6, 6.07) is 12.8. The van der Waals surface area contributed by atoms with Crippen LogP contribution >= 0.6 is 0 Å². The van der Waals surface area contributed by atoms with Crippen LogP contribution in [0.4, 0.5) is 0 Å². The van der Waals surface area contributed by atoms with Crippen molar-refractivity contribution in [3.8, 4) is 0 Å². The maximum atomic E-state index is 11.9. The number of aromatic nitrogens is 1. The van der Waals surface area contributed by atoms with Gasteiger partial charge in [-0.2, -0.15) is 0 Å². The number of benzene rings is 1. The van der Waals surface area contributed by atoms with Crippen LogP contribution in [0.5, 0.6) is 0 Å². The van der Waals surface area contributed by atoms with Crippen LogP contribution < -0.4 is 10.9 Å². The number of hydrogen-bond acceptors (Lipinski definition) is 2. The van der Waals surface area contributed by atoms with Gasteiger partial charge in [0.25, 0.3) is 11.5 Å². The van der Waals surface area contributed by atoms with Crippen LogP contribution in [0.15, 0.2) is 47.3 Å². The summed E-state index contributed by atoms with van der Waals surface area (Å²) in [6.45, 7) is 5.23. The molecule has 0 bridgehead atoms. The third-order valence-corrected chi connectivity index (χ3v) is 3.68. The Morgan fingerprint density at radius 3 is 2.45 bits per heavy atom. The van der Waals surface area contributed by atoms with Crippen molar-refractivity contribution < 1.29 is 4.79 Å². The molecule has 0 aliphatic carbocycles. The quantitative estimate of drug-likeness (QED) is 0.834. The molecule has 22 heavy (non-hydrogen) atoms. The van der Waals surface area contributed by atoms with Gasteiger partial charge < -0.3 is 9.88 Å². The number of nitrogens with one attached hydrogen (secondary N) is 1. The largest absolute Gasteiger partial charge is 0.352 e. The summed E-state index contributed by atoms with van der Waals surface area (Å²) >= 11 is 0. The number of hydrogen-bond donors (Lipinski definition) is 1. The average Bonchev–Trinajstić information content (AvgIpc) is 2.50. The third-order valence-electron chi connectivity index (χ3n) is 3.68. The maximum absolute atomic E-state index is 11.9. The van der Waals surface area contributed by atoms with Crippen LogP contribution in [0.25, 0.3) is 0 Å². The number of unbranched alkanes of at least 4 members (excludes halogenated alkanes) is 1. The molecule has 1 N–H and O–H groups in total. The fourth-order valence-corrected chi connectivity index (χ4v) is 2.31. The lowest BCUT2D eigenvalue weighted by atomic mass is 10.1. The van der Waals surface area contributed by atoms with Gasteiger partial charge in [-0.25, -0.2) is 0 Å².